The Morgan fingerprint density at radius 3 is 2.82 bits per heavy atom. The van der Waals surface area contributed by atoms with E-state index in [9.17, 15) is 0 Å². The van der Waals surface area contributed by atoms with Crippen molar-refractivity contribution in [1.82, 2.24) is 0 Å². The molecule has 1 heterocycles. The van der Waals surface area contributed by atoms with Crippen LogP contribution in [0.15, 0.2) is 45.7 Å². The molecule has 2 aromatic rings. The number of furan rings is 1. The van der Waals surface area contributed by atoms with Crippen LogP contribution in [0.3, 0.4) is 0 Å². The molecule has 0 bridgehead atoms. The molecule has 0 amide bonds. The van der Waals surface area contributed by atoms with Crippen molar-refractivity contribution in [3.63, 3.8) is 0 Å². The minimum atomic E-state index is 0.0697. The molecule has 0 saturated carbocycles. The molecule has 0 aliphatic carbocycles. The van der Waals surface area contributed by atoms with Gasteiger partial charge in [0.2, 0.25) is 0 Å². The maximum Gasteiger partial charge on any atom is 0.124 e. The van der Waals surface area contributed by atoms with E-state index in [0.29, 0.717) is 6.61 Å². The van der Waals surface area contributed by atoms with Crippen LogP contribution >= 0.6 is 31.9 Å². The summed E-state index contributed by atoms with van der Waals surface area (Å²) in [4.78, 5) is 0.0697. The fourth-order valence-corrected chi connectivity index (χ4v) is 2.60. The molecular weight excluding hydrogens is 348 g/mol. The van der Waals surface area contributed by atoms with E-state index in [4.69, 9.17) is 9.15 Å². The Morgan fingerprint density at radius 1 is 1.35 bits per heavy atom. The maximum absolute atomic E-state index is 5.63. The third kappa shape index (κ3) is 2.93. The van der Waals surface area contributed by atoms with Gasteiger partial charge in [-0.05, 0) is 31.2 Å². The van der Waals surface area contributed by atoms with E-state index in [1.807, 2.05) is 25.1 Å². The molecule has 0 spiro atoms. The normalized spacial score (nSPS) is 12.4. The quantitative estimate of drug-likeness (QED) is 0.722. The van der Waals surface area contributed by atoms with Crippen LogP contribution < -0.4 is 4.74 Å². The van der Waals surface area contributed by atoms with E-state index < -0.39 is 0 Å². The Hall–Kier alpha value is -0.740. The van der Waals surface area contributed by atoms with Crippen LogP contribution in [0.1, 0.15) is 22.9 Å². The van der Waals surface area contributed by atoms with Crippen LogP contribution in [0.2, 0.25) is 0 Å². The minimum absolute atomic E-state index is 0.0697. The first kappa shape index (κ1) is 12.7. The van der Waals surface area contributed by atoms with Crippen molar-refractivity contribution in [3.8, 4) is 5.75 Å². The molecule has 0 N–H and O–H groups in total. The monoisotopic (exact) mass is 358 g/mol. The largest absolute Gasteiger partial charge is 0.494 e. The average molecular weight is 360 g/mol. The zero-order valence-corrected chi connectivity index (χ0v) is 12.5. The Labute approximate surface area is 117 Å². The Bertz CT molecular complexity index is 480. The molecule has 1 aromatic carbocycles. The van der Waals surface area contributed by atoms with Gasteiger partial charge >= 0.3 is 0 Å². The summed E-state index contributed by atoms with van der Waals surface area (Å²) in [6.07, 6.45) is 3.40. The van der Waals surface area contributed by atoms with Crippen molar-refractivity contribution >= 4 is 31.9 Å². The van der Waals surface area contributed by atoms with Crippen molar-refractivity contribution < 1.29 is 9.15 Å². The van der Waals surface area contributed by atoms with Crippen LogP contribution in [0.25, 0.3) is 0 Å². The van der Waals surface area contributed by atoms with E-state index in [2.05, 4.69) is 37.9 Å². The fourth-order valence-electron chi connectivity index (χ4n) is 1.60. The third-order valence-corrected chi connectivity index (χ3v) is 3.90. The molecule has 0 fully saturated rings. The van der Waals surface area contributed by atoms with Crippen LogP contribution in [0, 0.1) is 0 Å². The van der Waals surface area contributed by atoms with Crippen molar-refractivity contribution in [2.24, 2.45) is 0 Å². The standard InChI is InChI=1S/C13H12Br2O2/c1-2-17-12-4-3-10(14)7-11(12)13(15)9-5-6-16-8-9/h3-8,13H,2H2,1H3. The predicted molar refractivity (Wildman–Crippen MR) is 74.8 cm³/mol. The molecule has 4 heteroatoms. The van der Waals surface area contributed by atoms with Gasteiger partial charge in [-0.1, -0.05) is 31.9 Å². The summed E-state index contributed by atoms with van der Waals surface area (Å²) in [7, 11) is 0. The summed E-state index contributed by atoms with van der Waals surface area (Å²) in [6, 6.07) is 7.94. The SMILES string of the molecule is CCOc1ccc(Br)cc1C(Br)c1ccoc1. The van der Waals surface area contributed by atoms with Crippen LogP contribution in [0.5, 0.6) is 5.75 Å². The minimum Gasteiger partial charge on any atom is -0.494 e. The number of hydrogen-bond donors (Lipinski definition) is 0. The summed E-state index contributed by atoms with van der Waals surface area (Å²) < 4.78 is 11.8. The second-order valence-corrected chi connectivity index (χ2v) is 5.37. The molecule has 0 aliphatic heterocycles. The number of benzene rings is 1. The lowest BCUT2D eigenvalue weighted by Crippen LogP contribution is -1.99. The lowest BCUT2D eigenvalue weighted by Gasteiger charge is -2.14. The van der Waals surface area contributed by atoms with Gasteiger partial charge in [-0.15, -0.1) is 0 Å². The van der Waals surface area contributed by atoms with Crippen molar-refractivity contribution in [2.45, 2.75) is 11.8 Å². The Balaban J connectivity index is 2.38. The van der Waals surface area contributed by atoms with Crippen LogP contribution in [-0.4, -0.2) is 6.61 Å². The highest BCUT2D eigenvalue weighted by atomic mass is 79.9. The van der Waals surface area contributed by atoms with E-state index in [1.54, 1.807) is 12.5 Å². The molecular formula is C13H12Br2O2. The Kier molecular flexibility index (Phi) is 4.29. The first-order valence-corrected chi connectivity index (χ1v) is 7.01. The lowest BCUT2D eigenvalue weighted by atomic mass is 10.1. The van der Waals surface area contributed by atoms with E-state index >= 15 is 0 Å². The first-order chi connectivity index (χ1) is 8.22. The summed E-state index contributed by atoms with van der Waals surface area (Å²) >= 11 is 7.15. The van der Waals surface area contributed by atoms with Gasteiger partial charge in [0.05, 0.1) is 24.0 Å². The van der Waals surface area contributed by atoms with E-state index in [-0.39, 0.29) is 4.83 Å². The fraction of sp³-hybridized carbons (Fsp3) is 0.231. The van der Waals surface area contributed by atoms with Crippen molar-refractivity contribution in [3.05, 3.63) is 52.4 Å². The van der Waals surface area contributed by atoms with Gasteiger partial charge in [0.25, 0.3) is 0 Å². The highest BCUT2D eigenvalue weighted by Crippen LogP contribution is 2.38. The number of hydrogen-bond acceptors (Lipinski definition) is 2. The van der Waals surface area contributed by atoms with Gasteiger partial charge in [0, 0.05) is 15.6 Å². The van der Waals surface area contributed by atoms with Gasteiger partial charge in [-0.25, -0.2) is 0 Å². The smallest absolute Gasteiger partial charge is 0.124 e. The molecule has 0 aliphatic rings. The zero-order chi connectivity index (χ0) is 12.3. The van der Waals surface area contributed by atoms with Gasteiger partial charge < -0.3 is 9.15 Å². The second-order valence-electron chi connectivity index (χ2n) is 3.53. The summed E-state index contributed by atoms with van der Waals surface area (Å²) in [6.45, 7) is 2.63. The number of rotatable bonds is 4. The van der Waals surface area contributed by atoms with Crippen molar-refractivity contribution in [1.29, 1.82) is 0 Å². The first-order valence-electron chi connectivity index (χ1n) is 5.30. The summed E-state index contributed by atoms with van der Waals surface area (Å²) in [5.74, 6) is 0.888. The molecule has 90 valence electrons. The molecule has 1 atom stereocenters. The molecule has 2 nitrogen and oxygen atoms in total. The average Bonchev–Trinajstić information content (AvgIpc) is 2.84. The van der Waals surface area contributed by atoms with Crippen LogP contribution in [0.4, 0.5) is 0 Å². The van der Waals surface area contributed by atoms with Crippen LogP contribution in [-0.2, 0) is 0 Å². The summed E-state index contributed by atoms with van der Waals surface area (Å²) in [5, 5.41) is 0. The second kappa shape index (κ2) is 5.74. The Morgan fingerprint density at radius 2 is 2.18 bits per heavy atom. The van der Waals surface area contributed by atoms with Gasteiger partial charge in [-0.2, -0.15) is 0 Å². The summed E-state index contributed by atoms with van der Waals surface area (Å²) in [5.41, 5.74) is 2.16. The van der Waals surface area contributed by atoms with Gasteiger partial charge in [0.15, 0.2) is 0 Å². The number of halogens is 2. The predicted octanol–water partition coefficient (Wildman–Crippen LogP) is 4.93. The van der Waals surface area contributed by atoms with Gasteiger partial charge in [0.1, 0.15) is 5.75 Å². The molecule has 2 rings (SSSR count). The molecule has 1 unspecified atom stereocenters. The molecule has 0 radical (unpaired) electrons. The highest BCUT2D eigenvalue weighted by Gasteiger charge is 2.16. The third-order valence-electron chi connectivity index (χ3n) is 2.38. The molecule has 1 aromatic heterocycles. The number of alkyl halides is 1. The van der Waals surface area contributed by atoms with E-state index in [0.717, 1.165) is 21.3 Å². The lowest BCUT2D eigenvalue weighted by molar-refractivity contribution is 0.337. The molecule has 0 saturated heterocycles. The van der Waals surface area contributed by atoms with Crippen molar-refractivity contribution in [2.75, 3.05) is 6.61 Å². The van der Waals surface area contributed by atoms with E-state index in [1.165, 1.54) is 0 Å². The highest BCUT2D eigenvalue weighted by molar-refractivity contribution is 9.10. The zero-order valence-electron chi connectivity index (χ0n) is 9.32. The number of ether oxygens (including phenoxy) is 1. The topological polar surface area (TPSA) is 22.4 Å². The molecule has 17 heavy (non-hydrogen) atoms. The maximum atomic E-state index is 5.63. The van der Waals surface area contributed by atoms with Gasteiger partial charge in [-0.3, -0.25) is 0 Å².